The van der Waals surface area contributed by atoms with E-state index < -0.39 is 0 Å². The number of likely N-dealkylation sites (N-methyl/N-ethyl adjacent to an activating group) is 1. The van der Waals surface area contributed by atoms with Crippen molar-refractivity contribution in [2.24, 2.45) is 13.0 Å². The number of carbonyl (C=O) groups excluding carboxylic acids is 3. The van der Waals surface area contributed by atoms with Crippen molar-refractivity contribution < 1.29 is 14.4 Å². The third-order valence-corrected chi connectivity index (χ3v) is 7.93. The lowest BCUT2D eigenvalue weighted by molar-refractivity contribution is -0.141. The van der Waals surface area contributed by atoms with Crippen molar-refractivity contribution in [1.29, 1.82) is 0 Å². The Bertz CT molecular complexity index is 1100. The molecule has 0 saturated heterocycles. The van der Waals surface area contributed by atoms with Gasteiger partial charge in [-0.15, -0.1) is 11.3 Å². The van der Waals surface area contributed by atoms with E-state index in [9.17, 15) is 14.4 Å². The summed E-state index contributed by atoms with van der Waals surface area (Å²) in [5.41, 5.74) is 5.23. The van der Waals surface area contributed by atoms with Crippen LogP contribution in [0.25, 0.3) is 0 Å². The van der Waals surface area contributed by atoms with Crippen LogP contribution in [0, 0.1) is 5.92 Å². The Morgan fingerprint density at radius 2 is 1.95 bits per heavy atom. The predicted molar refractivity (Wildman–Crippen MR) is 142 cm³/mol. The van der Waals surface area contributed by atoms with Crippen molar-refractivity contribution in [2.75, 3.05) is 39.8 Å². The molecule has 0 aromatic carbocycles. The standard InChI is InChI=1S/C26H39N7O3S/c1-18(2)13-33-15-24(35)30(3)20-7-8-22-21(12-20)25(29-31(22)4)26(36)27-9-11-32(10-5-6-23(33)34)14-19-16-37-17-28-19/h16-18,20H,5-15H2,1-4H3,(H,27,36). The first kappa shape index (κ1) is 27.3. The van der Waals surface area contributed by atoms with Crippen LogP contribution in [-0.4, -0.2) is 93.0 Å². The molecule has 0 saturated carbocycles. The van der Waals surface area contributed by atoms with Gasteiger partial charge in [0, 0.05) is 69.4 Å². The third kappa shape index (κ3) is 6.75. The van der Waals surface area contributed by atoms with E-state index in [1.165, 1.54) is 0 Å². The van der Waals surface area contributed by atoms with Crippen LogP contribution in [-0.2, 0) is 36.0 Å². The summed E-state index contributed by atoms with van der Waals surface area (Å²) in [7, 11) is 3.69. The molecule has 1 aliphatic carbocycles. The van der Waals surface area contributed by atoms with Crippen LogP contribution in [0.3, 0.4) is 0 Å². The minimum atomic E-state index is -0.178. The van der Waals surface area contributed by atoms with E-state index in [1.54, 1.807) is 25.8 Å². The fourth-order valence-corrected chi connectivity index (χ4v) is 5.85. The van der Waals surface area contributed by atoms with Gasteiger partial charge in [0.2, 0.25) is 11.8 Å². The van der Waals surface area contributed by atoms with Gasteiger partial charge in [0.25, 0.3) is 5.91 Å². The summed E-state index contributed by atoms with van der Waals surface area (Å²) in [6.45, 7) is 7.25. The molecule has 3 heterocycles. The average Bonchev–Trinajstić information content (AvgIpc) is 3.49. The van der Waals surface area contributed by atoms with Crippen molar-refractivity contribution >= 4 is 29.1 Å². The minimum Gasteiger partial charge on any atom is -0.349 e. The number of aryl methyl sites for hydroxylation is 1. The predicted octanol–water partition coefficient (Wildman–Crippen LogP) is 1.70. The molecular weight excluding hydrogens is 490 g/mol. The van der Waals surface area contributed by atoms with Gasteiger partial charge in [0.15, 0.2) is 5.69 Å². The molecule has 2 aromatic heterocycles. The van der Waals surface area contributed by atoms with Gasteiger partial charge in [-0.25, -0.2) is 4.98 Å². The average molecular weight is 530 g/mol. The van der Waals surface area contributed by atoms with Gasteiger partial charge in [-0.1, -0.05) is 13.8 Å². The van der Waals surface area contributed by atoms with Crippen LogP contribution in [0.15, 0.2) is 10.9 Å². The van der Waals surface area contributed by atoms with Crippen LogP contribution >= 0.6 is 11.3 Å². The lowest BCUT2D eigenvalue weighted by atomic mass is 9.90. The van der Waals surface area contributed by atoms with Crippen molar-refractivity contribution in [3.05, 3.63) is 33.5 Å². The van der Waals surface area contributed by atoms with E-state index in [2.05, 4.69) is 34.1 Å². The number of hydrogen-bond donors (Lipinski definition) is 1. The fourth-order valence-electron chi connectivity index (χ4n) is 5.30. The minimum absolute atomic E-state index is 0.0159. The summed E-state index contributed by atoms with van der Waals surface area (Å²) in [4.78, 5) is 49.8. The number of thiazole rings is 1. The Labute approximate surface area is 223 Å². The van der Waals surface area contributed by atoms with Gasteiger partial charge in [0.05, 0.1) is 17.7 Å². The molecule has 2 bridgehead atoms. The molecule has 3 amide bonds. The molecule has 10 nitrogen and oxygen atoms in total. The van der Waals surface area contributed by atoms with Crippen molar-refractivity contribution in [3.63, 3.8) is 0 Å². The summed E-state index contributed by atoms with van der Waals surface area (Å²) in [6.07, 6.45) is 3.20. The molecular formula is C26H39N7O3S. The maximum absolute atomic E-state index is 13.3. The molecule has 4 rings (SSSR count). The molecule has 0 fully saturated rings. The molecule has 37 heavy (non-hydrogen) atoms. The molecule has 1 unspecified atom stereocenters. The fraction of sp³-hybridized carbons (Fsp3) is 0.654. The zero-order chi connectivity index (χ0) is 26.5. The largest absolute Gasteiger partial charge is 0.349 e. The number of rotatable bonds is 4. The number of amides is 3. The highest BCUT2D eigenvalue weighted by atomic mass is 32.1. The molecule has 0 spiro atoms. The number of aromatic nitrogens is 3. The number of nitrogens with one attached hydrogen (secondary N) is 1. The zero-order valence-corrected chi connectivity index (χ0v) is 23.2. The van der Waals surface area contributed by atoms with E-state index in [0.717, 1.165) is 29.8 Å². The number of hydrogen-bond acceptors (Lipinski definition) is 7. The SMILES string of the molecule is CC(C)CN1CC(=O)N(C)C2CCc3c(c(nn3C)C(=O)NCCN(Cc3cscn3)CCCC1=O)C2. The smallest absolute Gasteiger partial charge is 0.272 e. The Morgan fingerprint density at radius 3 is 2.68 bits per heavy atom. The van der Waals surface area contributed by atoms with Crippen molar-refractivity contribution in [2.45, 2.75) is 58.5 Å². The molecule has 2 aromatic rings. The number of carbonyl (C=O) groups is 3. The lowest BCUT2D eigenvalue weighted by Crippen LogP contribution is -2.47. The summed E-state index contributed by atoms with van der Waals surface area (Å²) in [5.74, 6) is 0.0428. The Morgan fingerprint density at radius 1 is 1.14 bits per heavy atom. The van der Waals surface area contributed by atoms with Crippen molar-refractivity contribution in [3.8, 4) is 0 Å². The summed E-state index contributed by atoms with van der Waals surface area (Å²) in [6, 6.07) is -0.0314. The van der Waals surface area contributed by atoms with Crippen LogP contribution in [0.1, 0.15) is 60.5 Å². The van der Waals surface area contributed by atoms with Gasteiger partial charge < -0.3 is 15.1 Å². The Balaban J connectivity index is 1.58. The van der Waals surface area contributed by atoms with Gasteiger partial charge in [0.1, 0.15) is 0 Å². The lowest BCUT2D eigenvalue weighted by Gasteiger charge is -2.34. The zero-order valence-electron chi connectivity index (χ0n) is 22.4. The Hall–Kier alpha value is -2.79. The number of fused-ring (bicyclic) bond motifs is 1. The van der Waals surface area contributed by atoms with Gasteiger partial charge >= 0.3 is 0 Å². The topological polar surface area (TPSA) is 104 Å². The second-order valence-corrected chi connectivity index (χ2v) is 11.3. The van der Waals surface area contributed by atoms with Gasteiger partial charge in [-0.2, -0.15) is 5.10 Å². The van der Waals surface area contributed by atoms with Crippen LogP contribution in [0.2, 0.25) is 0 Å². The summed E-state index contributed by atoms with van der Waals surface area (Å²) in [5, 5.41) is 9.63. The molecule has 2 aliphatic rings. The van der Waals surface area contributed by atoms with Gasteiger partial charge in [-0.3, -0.25) is 24.0 Å². The van der Waals surface area contributed by atoms with E-state index in [1.807, 2.05) is 25.0 Å². The van der Waals surface area contributed by atoms with Crippen molar-refractivity contribution in [1.82, 2.24) is 34.8 Å². The highest BCUT2D eigenvalue weighted by molar-refractivity contribution is 7.07. The van der Waals surface area contributed by atoms with E-state index in [0.29, 0.717) is 57.7 Å². The van der Waals surface area contributed by atoms with Gasteiger partial charge in [-0.05, 0) is 38.1 Å². The highest BCUT2D eigenvalue weighted by Crippen LogP contribution is 2.27. The van der Waals surface area contributed by atoms with Crippen LogP contribution in [0.4, 0.5) is 0 Å². The summed E-state index contributed by atoms with van der Waals surface area (Å²) < 4.78 is 1.80. The summed E-state index contributed by atoms with van der Waals surface area (Å²) >= 11 is 1.56. The maximum Gasteiger partial charge on any atom is 0.272 e. The second-order valence-electron chi connectivity index (χ2n) is 10.6. The molecule has 1 N–H and O–H groups in total. The van der Waals surface area contributed by atoms with E-state index >= 15 is 0 Å². The van der Waals surface area contributed by atoms with Crippen LogP contribution < -0.4 is 5.32 Å². The molecule has 1 aliphatic heterocycles. The number of nitrogens with zero attached hydrogens (tertiary/aromatic N) is 6. The molecule has 1 atom stereocenters. The highest BCUT2D eigenvalue weighted by Gasteiger charge is 2.32. The first-order valence-corrected chi connectivity index (χ1v) is 14.1. The first-order chi connectivity index (χ1) is 17.7. The Kier molecular flexibility index (Phi) is 8.96. The maximum atomic E-state index is 13.3. The molecule has 202 valence electrons. The second kappa shape index (κ2) is 12.2. The normalized spacial score (nSPS) is 20.9. The first-order valence-electron chi connectivity index (χ1n) is 13.2. The van der Waals surface area contributed by atoms with E-state index in [-0.39, 0.29) is 36.2 Å². The van der Waals surface area contributed by atoms with E-state index in [4.69, 9.17) is 0 Å². The monoisotopic (exact) mass is 529 g/mol. The quantitative estimate of drug-likeness (QED) is 0.647. The molecule has 0 radical (unpaired) electrons. The third-order valence-electron chi connectivity index (χ3n) is 7.30. The molecule has 11 heteroatoms. The van der Waals surface area contributed by atoms with Crippen LogP contribution in [0.5, 0.6) is 0 Å².